The first-order chi connectivity index (χ1) is 22.0. The zero-order valence-corrected chi connectivity index (χ0v) is 29.4. The number of unbranched alkanes of at least 4 members (excludes halogenated alkanes) is 8. The van der Waals surface area contributed by atoms with E-state index in [9.17, 15) is 4.80 Å². The number of rotatable bonds is 22. The smallest absolute Gasteiger partial charge is 0.478 e. The molecule has 2 aliphatic rings. The Morgan fingerprint density at radius 2 is 1.16 bits per heavy atom. The van der Waals surface area contributed by atoms with Crippen molar-refractivity contribution in [3.05, 3.63) is 71.8 Å². The molecule has 45 heavy (non-hydrogen) atoms. The second-order valence-corrected chi connectivity index (χ2v) is 16.4. The van der Waals surface area contributed by atoms with Crippen LogP contribution in [0.25, 0.3) is 0 Å². The van der Waals surface area contributed by atoms with Gasteiger partial charge in [-0.05, 0) is 48.8 Å². The van der Waals surface area contributed by atoms with Crippen molar-refractivity contribution in [3.8, 4) is 0 Å². The van der Waals surface area contributed by atoms with Gasteiger partial charge in [-0.2, -0.15) is 11.8 Å². The molecule has 7 nitrogen and oxygen atoms in total. The number of thioether (sulfide) groups is 1. The van der Waals surface area contributed by atoms with Crippen LogP contribution >= 0.6 is 11.8 Å². The lowest BCUT2D eigenvalue weighted by molar-refractivity contribution is 0.151. The van der Waals surface area contributed by atoms with E-state index in [0.717, 1.165) is 36.8 Å². The standard InChI is InChI=1S/C36H54N2O5SSi/c1-36(34-37-32(28-42-34)30-20-13-11-14-21-30,35-38-33(29-43-35)31-22-15-12-16-23-31)24-17-9-7-5-4-6-8-10-18-25-44-26-19-27-45(39,40-2)41-3/h11-16,20-23,32-33,39H,4-10,17-19,24-29H2,1-3H3/t32-,33-/m0/s1. The summed E-state index contributed by atoms with van der Waals surface area (Å²) < 4.78 is 22.9. The Bertz CT molecular complexity index is 1110. The molecule has 0 spiro atoms. The first-order valence-corrected chi connectivity index (χ1v) is 20.0. The molecule has 1 N–H and O–H groups in total. The molecule has 0 saturated carbocycles. The summed E-state index contributed by atoms with van der Waals surface area (Å²) in [5.41, 5.74) is 1.91. The van der Waals surface area contributed by atoms with Gasteiger partial charge in [0.15, 0.2) is 11.8 Å². The maximum absolute atomic E-state index is 10.1. The Kier molecular flexibility index (Phi) is 14.9. The summed E-state index contributed by atoms with van der Waals surface area (Å²) in [5, 5.41) is 0. The highest BCUT2D eigenvalue weighted by atomic mass is 32.2. The van der Waals surface area contributed by atoms with Crippen molar-refractivity contribution in [1.29, 1.82) is 0 Å². The van der Waals surface area contributed by atoms with Gasteiger partial charge in [0, 0.05) is 20.3 Å². The molecular formula is C36H54N2O5SSi. The first-order valence-electron chi connectivity index (χ1n) is 16.9. The molecule has 0 aliphatic carbocycles. The van der Waals surface area contributed by atoms with Gasteiger partial charge in [-0.25, -0.2) is 9.98 Å². The minimum Gasteiger partial charge on any atom is -0.478 e. The van der Waals surface area contributed by atoms with Crippen molar-refractivity contribution >= 4 is 32.4 Å². The molecule has 0 radical (unpaired) electrons. The van der Waals surface area contributed by atoms with Gasteiger partial charge < -0.3 is 23.1 Å². The van der Waals surface area contributed by atoms with Gasteiger partial charge in [-0.1, -0.05) is 112 Å². The van der Waals surface area contributed by atoms with E-state index in [2.05, 4.69) is 55.5 Å². The van der Waals surface area contributed by atoms with Crippen LogP contribution in [0.15, 0.2) is 70.6 Å². The third kappa shape index (κ3) is 11.0. The SMILES string of the molecule is CO[Si](O)(CCCSCCCCCCCCCCCC(C)(C1=N[C@H](c2ccccc2)CO1)C1=N[C@H](c2ccccc2)CO1)OC. The zero-order valence-electron chi connectivity index (χ0n) is 27.6. The van der Waals surface area contributed by atoms with Crippen LogP contribution in [-0.2, 0) is 18.3 Å². The minimum absolute atomic E-state index is 0.0193. The lowest BCUT2D eigenvalue weighted by Crippen LogP contribution is -2.40. The average molecular weight is 655 g/mol. The third-order valence-electron chi connectivity index (χ3n) is 9.00. The van der Waals surface area contributed by atoms with Crippen LogP contribution < -0.4 is 0 Å². The molecule has 0 aromatic heterocycles. The molecule has 9 heteroatoms. The molecule has 0 bridgehead atoms. The average Bonchev–Trinajstić information content (AvgIpc) is 3.79. The van der Waals surface area contributed by atoms with Gasteiger partial charge in [0.25, 0.3) is 0 Å². The van der Waals surface area contributed by atoms with Crippen molar-refractivity contribution in [1.82, 2.24) is 0 Å². The van der Waals surface area contributed by atoms with Crippen LogP contribution in [0.2, 0.25) is 6.04 Å². The lowest BCUT2D eigenvalue weighted by atomic mass is 9.83. The van der Waals surface area contributed by atoms with E-state index in [1.54, 1.807) is 0 Å². The summed E-state index contributed by atoms with van der Waals surface area (Å²) in [6.07, 6.45) is 13.2. The molecule has 2 heterocycles. The van der Waals surface area contributed by atoms with E-state index in [-0.39, 0.29) is 12.1 Å². The topological polar surface area (TPSA) is 81.9 Å². The highest BCUT2D eigenvalue weighted by Crippen LogP contribution is 2.39. The largest absolute Gasteiger partial charge is 0.497 e. The molecule has 0 amide bonds. The maximum Gasteiger partial charge on any atom is 0.497 e. The van der Waals surface area contributed by atoms with Crippen molar-refractivity contribution in [2.45, 2.75) is 95.7 Å². The molecule has 4 rings (SSSR count). The molecule has 0 unspecified atom stereocenters. The van der Waals surface area contributed by atoms with E-state index in [1.165, 1.54) is 82.5 Å². The van der Waals surface area contributed by atoms with E-state index < -0.39 is 14.2 Å². The number of aliphatic imine (C=N–C) groups is 2. The fourth-order valence-corrected chi connectivity index (χ4v) is 8.47. The van der Waals surface area contributed by atoms with Gasteiger partial charge in [0.1, 0.15) is 30.7 Å². The van der Waals surface area contributed by atoms with Gasteiger partial charge in [0.05, 0.1) is 0 Å². The molecular weight excluding hydrogens is 601 g/mol. The monoisotopic (exact) mass is 654 g/mol. The zero-order chi connectivity index (χ0) is 31.8. The van der Waals surface area contributed by atoms with Crippen LogP contribution in [0.3, 0.4) is 0 Å². The predicted molar refractivity (Wildman–Crippen MR) is 188 cm³/mol. The van der Waals surface area contributed by atoms with E-state index in [4.69, 9.17) is 28.3 Å². The summed E-state index contributed by atoms with van der Waals surface area (Å²) in [6.45, 7) is 3.35. The Hall–Kier alpha value is -2.17. The number of ether oxygens (including phenoxy) is 2. The van der Waals surface area contributed by atoms with Gasteiger partial charge in [-0.3, -0.25) is 0 Å². The van der Waals surface area contributed by atoms with E-state index >= 15 is 0 Å². The number of benzene rings is 2. The number of hydrogen-bond acceptors (Lipinski definition) is 8. The summed E-state index contributed by atoms with van der Waals surface area (Å²) in [4.78, 5) is 20.3. The second-order valence-electron chi connectivity index (χ2n) is 12.4. The van der Waals surface area contributed by atoms with Gasteiger partial charge in [-0.15, -0.1) is 0 Å². The quantitative estimate of drug-likeness (QED) is 0.101. The minimum atomic E-state index is -2.89. The Labute approximate surface area is 276 Å². The fraction of sp³-hybridized carbons (Fsp3) is 0.611. The van der Waals surface area contributed by atoms with Crippen molar-refractivity contribution in [3.63, 3.8) is 0 Å². The van der Waals surface area contributed by atoms with Gasteiger partial charge >= 0.3 is 8.80 Å². The predicted octanol–water partition coefficient (Wildman–Crippen LogP) is 8.58. The first kappa shape index (κ1) is 35.7. The molecule has 0 fully saturated rings. The second kappa shape index (κ2) is 18.8. The molecule has 2 aromatic carbocycles. The highest BCUT2D eigenvalue weighted by Gasteiger charge is 2.45. The van der Waals surface area contributed by atoms with Crippen molar-refractivity contribution in [2.75, 3.05) is 38.9 Å². The van der Waals surface area contributed by atoms with Crippen molar-refractivity contribution < 1.29 is 23.1 Å². The molecule has 2 atom stereocenters. The van der Waals surface area contributed by atoms with Crippen molar-refractivity contribution in [2.24, 2.45) is 15.4 Å². The van der Waals surface area contributed by atoms with Crippen LogP contribution in [0, 0.1) is 5.41 Å². The van der Waals surface area contributed by atoms with Crippen LogP contribution in [0.5, 0.6) is 0 Å². The summed E-state index contributed by atoms with van der Waals surface area (Å²) in [6, 6.07) is 21.5. The molecule has 0 saturated heterocycles. The molecule has 2 aromatic rings. The Morgan fingerprint density at radius 1 is 0.711 bits per heavy atom. The molecule has 2 aliphatic heterocycles. The van der Waals surface area contributed by atoms with Gasteiger partial charge in [0.2, 0.25) is 0 Å². The number of hydrogen-bond donors (Lipinski definition) is 1. The van der Waals surface area contributed by atoms with E-state index in [0.29, 0.717) is 19.3 Å². The maximum atomic E-state index is 10.1. The molecule has 248 valence electrons. The van der Waals surface area contributed by atoms with Crippen LogP contribution in [-0.4, -0.2) is 64.3 Å². The number of nitrogens with zero attached hydrogens (tertiary/aromatic N) is 2. The Morgan fingerprint density at radius 3 is 1.64 bits per heavy atom. The lowest BCUT2D eigenvalue weighted by Gasteiger charge is -2.28. The Balaban J connectivity index is 1.16. The summed E-state index contributed by atoms with van der Waals surface area (Å²) >= 11 is 1.98. The highest BCUT2D eigenvalue weighted by molar-refractivity contribution is 7.99. The summed E-state index contributed by atoms with van der Waals surface area (Å²) in [7, 11) is 0.180. The van der Waals surface area contributed by atoms with E-state index in [1.807, 2.05) is 23.9 Å². The fourth-order valence-electron chi connectivity index (χ4n) is 6.06. The third-order valence-corrected chi connectivity index (χ3v) is 12.4. The van der Waals surface area contributed by atoms with Crippen LogP contribution in [0.4, 0.5) is 0 Å². The summed E-state index contributed by atoms with van der Waals surface area (Å²) in [5.74, 6) is 3.80. The normalized spacial score (nSPS) is 18.4. The van der Waals surface area contributed by atoms with Crippen LogP contribution in [0.1, 0.15) is 101 Å².